The van der Waals surface area contributed by atoms with Gasteiger partial charge >= 0.3 is 0 Å². The summed E-state index contributed by atoms with van der Waals surface area (Å²) in [5.74, 6) is 2.20. The Morgan fingerprint density at radius 3 is 2.86 bits per heavy atom. The maximum absolute atomic E-state index is 5.92. The SMILES string of the molecule is Cc1oc(CNC2CC2)cc1CN1CCCC(C)(C)CC1. The average molecular weight is 290 g/mol. The molecule has 0 amide bonds. The van der Waals surface area contributed by atoms with E-state index >= 15 is 0 Å². The Morgan fingerprint density at radius 2 is 2.10 bits per heavy atom. The van der Waals surface area contributed by atoms with Crippen LogP contribution in [0.3, 0.4) is 0 Å². The molecule has 1 N–H and O–H groups in total. The fourth-order valence-corrected chi connectivity index (χ4v) is 3.24. The summed E-state index contributed by atoms with van der Waals surface area (Å²) < 4.78 is 5.92. The molecule has 21 heavy (non-hydrogen) atoms. The van der Waals surface area contributed by atoms with Crippen molar-refractivity contribution >= 4 is 0 Å². The van der Waals surface area contributed by atoms with Crippen molar-refractivity contribution in [2.75, 3.05) is 13.1 Å². The second kappa shape index (κ2) is 6.13. The van der Waals surface area contributed by atoms with Crippen LogP contribution in [0.4, 0.5) is 0 Å². The molecule has 3 nitrogen and oxygen atoms in total. The third-order valence-corrected chi connectivity index (χ3v) is 5.04. The minimum absolute atomic E-state index is 0.513. The number of furan rings is 1. The second-order valence-electron chi connectivity index (χ2n) is 7.74. The van der Waals surface area contributed by atoms with E-state index in [9.17, 15) is 0 Å². The number of rotatable bonds is 5. The van der Waals surface area contributed by atoms with Gasteiger partial charge in [0, 0.05) is 18.2 Å². The van der Waals surface area contributed by atoms with Gasteiger partial charge in [0.05, 0.1) is 6.54 Å². The van der Waals surface area contributed by atoms with Crippen LogP contribution in [0.2, 0.25) is 0 Å². The Kier molecular flexibility index (Phi) is 4.41. The minimum Gasteiger partial charge on any atom is -0.465 e. The molecule has 1 aromatic heterocycles. The van der Waals surface area contributed by atoms with Gasteiger partial charge in [0.15, 0.2) is 0 Å². The first kappa shape index (κ1) is 15.1. The Labute approximate surface area is 129 Å². The molecule has 3 heteroatoms. The van der Waals surface area contributed by atoms with Gasteiger partial charge in [0.1, 0.15) is 11.5 Å². The number of nitrogens with zero attached hydrogens (tertiary/aromatic N) is 1. The van der Waals surface area contributed by atoms with Gasteiger partial charge in [-0.3, -0.25) is 4.90 Å². The van der Waals surface area contributed by atoms with Crippen molar-refractivity contribution in [3.05, 3.63) is 23.2 Å². The van der Waals surface area contributed by atoms with Crippen molar-refractivity contribution in [1.82, 2.24) is 10.2 Å². The standard InChI is InChI=1S/C18H30N2O/c1-14-15(11-17(21-14)12-19-16-5-6-16)13-20-9-4-7-18(2,3)8-10-20/h11,16,19H,4-10,12-13H2,1-3H3. The predicted octanol–water partition coefficient (Wildman–Crippen LogP) is 3.85. The number of hydrogen-bond donors (Lipinski definition) is 1. The van der Waals surface area contributed by atoms with E-state index in [1.807, 2.05) is 0 Å². The molecular weight excluding hydrogens is 260 g/mol. The maximum Gasteiger partial charge on any atom is 0.118 e. The van der Waals surface area contributed by atoms with E-state index in [0.717, 1.165) is 30.7 Å². The quantitative estimate of drug-likeness (QED) is 0.893. The van der Waals surface area contributed by atoms with Crippen molar-refractivity contribution in [3.8, 4) is 0 Å². The van der Waals surface area contributed by atoms with E-state index in [1.54, 1.807) is 0 Å². The molecule has 2 aliphatic rings. The van der Waals surface area contributed by atoms with Crippen molar-refractivity contribution in [2.45, 2.75) is 72.0 Å². The van der Waals surface area contributed by atoms with E-state index in [-0.39, 0.29) is 0 Å². The first-order valence-corrected chi connectivity index (χ1v) is 8.56. The fourth-order valence-electron chi connectivity index (χ4n) is 3.24. The third kappa shape index (κ3) is 4.33. The highest BCUT2D eigenvalue weighted by Crippen LogP contribution is 2.30. The molecule has 2 fully saturated rings. The van der Waals surface area contributed by atoms with Gasteiger partial charge in [-0.2, -0.15) is 0 Å². The molecule has 1 saturated heterocycles. The molecule has 1 aliphatic heterocycles. The highest BCUT2D eigenvalue weighted by atomic mass is 16.3. The second-order valence-corrected chi connectivity index (χ2v) is 7.74. The molecular formula is C18H30N2O. The largest absolute Gasteiger partial charge is 0.465 e. The van der Waals surface area contributed by atoms with Gasteiger partial charge in [0.25, 0.3) is 0 Å². The van der Waals surface area contributed by atoms with E-state index in [0.29, 0.717) is 5.41 Å². The molecule has 0 unspecified atom stereocenters. The van der Waals surface area contributed by atoms with Crippen LogP contribution in [-0.2, 0) is 13.1 Å². The van der Waals surface area contributed by atoms with Crippen molar-refractivity contribution < 1.29 is 4.42 Å². The van der Waals surface area contributed by atoms with Crippen LogP contribution in [0.25, 0.3) is 0 Å². The number of hydrogen-bond acceptors (Lipinski definition) is 3. The smallest absolute Gasteiger partial charge is 0.118 e. The Balaban J connectivity index is 1.56. The zero-order valence-corrected chi connectivity index (χ0v) is 13.9. The fraction of sp³-hybridized carbons (Fsp3) is 0.778. The zero-order chi connectivity index (χ0) is 14.9. The predicted molar refractivity (Wildman–Crippen MR) is 86.2 cm³/mol. The van der Waals surface area contributed by atoms with Crippen molar-refractivity contribution in [1.29, 1.82) is 0 Å². The summed E-state index contributed by atoms with van der Waals surface area (Å²) in [6.45, 7) is 11.3. The number of likely N-dealkylation sites (tertiary alicyclic amines) is 1. The molecule has 118 valence electrons. The summed E-state index contributed by atoms with van der Waals surface area (Å²) in [7, 11) is 0. The van der Waals surface area contributed by atoms with Gasteiger partial charge in [-0.1, -0.05) is 13.8 Å². The van der Waals surface area contributed by atoms with Crippen LogP contribution in [-0.4, -0.2) is 24.0 Å². The Hall–Kier alpha value is -0.800. The van der Waals surface area contributed by atoms with Crippen LogP contribution in [0.5, 0.6) is 0 Å². The minimum atomic E-state index is 0.513. The lowest BCUT2D eigenvalue weighted by molar-refractivity contribution is 0.254. The lowest BCUT2D eigenvalue weighted by Crippen LogP contribution is -2.25. The normalized spacial score (nSPS) is 23.2. The molecule has 0 atom stereocenters. The molecule has 0 aromatic carbocycles. The van der Waals surface area contributed by atoms with Gasteiger partial charge in [-0.05, 0) is 63.6 Å². The van der Waals surface area contributed by atoms with Crippen LogP contribution < -0.4 is 5.32 Å². The topological polar surface area (TPSA) is 28.4 Å². The molecule has 2 heterocycles. The molecule has 1 aromatic rings. The first-order valence-electron chi connectivity index (χ1n) is 8.56. The molecule has 3 rings (SSSR count). The van der Waals surface area contributed by atoms with Gasteiger partial charge in [-0.25, -0.2) is 0 Å². The zero-order valence-electron chi connectivity index (χ0n) is 13.9. The van der Waals surface area contributed by atoms with Gasteiger partial charge in [-0.15, -0.1) is 0 Å². The summed E-state index contributed by atoms with van der Waals surface area (Å²) in [4.78, 5) is 2.60. The van der Waals surface area contributed by atoms with Crippen molar-refractivity contribution in [3.63, 3.8) is 0 Å². The van der Waals surface area contributed by atoms with Crippen LogP contribution in [0.1, 0.15) is 63.0 Å². The number of nitrogens with one attached hydrogen (secondary N) is 1. The maximum atomic E-state index is 5.92. The first-order chi connectivity index (χ1) is 10.0. The highest BCUT2D eigenvalue weighted by Gasteiger charge is 2.24. The lowest BCUT2D eigenvalue weighted by Gasteiger charge is -2.23. The van der Waals surface area contributed by atoms with E-state index < -0.39 is 0 Å². The van der Waals surface area contributed by atoms with Gasteiger partial charge in [0.2, 0.25) is 0 Å². The van der Waals surface area contributed by atoms with Gasteiger partial charge < -0.3 is 9.73 Å². The lowest BCUT2D eigenvalue weighted by atomic mass is 9.85. The van der Waals surface area contributed by atoms with E-state index in [4.69, 9.17) is 4.42 Å². The number of aryl methyl sites for hydroxylation is 1. The summed E-state index contributed by atoms with van der Waals surface area (Å²) in [5.41, 5.74) is 1.89. The van der Waals surface area contributed by atoms with Crippen molar-refractivity contribution in [2.24, 2.45) is 5.41 Å². The molecule has 1 aliphatic carbocycles. The monoisotopic (exact) mass is 290 g/mol. The average Bonchev–Trinajstić information content (AvgIpc) is 3.20. The summed E-state index contributed by atoms with van der Waals surface area (Å²) >= 11 is 0. The molecule has 1 saturated carbocycles. The summed E-state index contributed by atoms with van der Waals surface area (Å²) in [6.07, 6.45) is 6.64. The van der Waals surface area contributed by atoms with E-state index in [1.165, 1.54) is 50.8 Å². The highest BCUT2D eigenvalue weighted by molar-refractivity contribution is 5.21. The summed E-state index contributed by atoms with van der Waals surface area (Å²) in [6, 6.07) is 3.01. The Morgan fingerprint density at radius 1 is 1.29 bits per heavy atom. The Bertz CT molecular complexity index is 474. The molecule has 0 radical (unpaired) electrons. The summed E-state index contributed by atoms with van der Waals surface area (Å²) in [5, 5.41) is 3.53. The van der Waals surface area contributed by atoms with Crippen LogP contribution in [0.15, 0.2) is 10.5 Å². The molecule has 0 spiro atoms. The third-order valence-electron chi connectivity index (χ3n) is 5.04. The van der Waals surface area contributed by atoms with E-state index in [2.05, 4.69) is 37.1 Å². The molecule has 0 bridgehead atoms. The van der Waals surface area contributed by atoms with Crippen LogP contribution >= 0.6 is 0 Å². The van der Waals surface area contributed by atoms with Crippen LogP contribution in [0, 0.1) is 12.3 Å².